The first kappa shape index (κ1) is 15.4. The molecular formula is C16H21NO4. The van der Waals surface area contributed by atoms with E-state index in [2.05, 4.69) is 11.7 Å². The number of fused-ring (bicyclic) bond motifs is 1. The van der Waals surface area contributed by atoms with Gasteiger partial charge in [-0.2, -0.15) is 0 Å². The van der Waals surface area contributed by atoms with Gasteiger partial charge in [-0.25, -0.2) is 0 Å². The van der Waals surface area contributed by atoms with Gasteiger partial charge in [-0.1, -0.05) is 19.1 Å². The zero-order valence-electron chi connectivity index (χ0n) is 12.9. The quantitative estimate of drug-likeness (QED) is 0.798. The first-order valence-electron chi connectivity index (χ1n) is 7.15. The van der Waals surface area contributed by atoms with Gasteiger partial charge < -0.3 is 14.4 Å². The van der Waals surface area contributed by atoms with Crippen LogP contribution in [0.15, 0.2) is 18.2 Å². The van der Waals surface area contributed by atoms with E-state index in [1.54, 1.807) is 6.07 Å². The summed E-state index contributed by atoms with van der Waals surface area (Å²) in [6, 6.07) is 5.58. The van der Waals surface area contributed by atoms with E-state index >= 15 is 0 Å². The number of benzene rings is 1. The Balaban J connectivity index is 2.30. The number of hydrogen-bond acceptors (Lipinski definition) is 4. The van der Waals surface area contributed by atoms with Crippen LogP contribution < -0.4 is 4.74 Å². The minimum atomic E-state index is -0.430. The van der Waals surface area contributed by atoms with Crippen LogP contribution in [0.2, 0.25) is 0 Å². The zero-order chi connectivity index (χ0) is 15.6. The average molecular weight is 291 g/mol. The first-order chi connectivity index (χ1) is 9.99. The van der Waals surface area contributed by atoms with Crippen LogP contribution in [0.3, 0.4) is 0 Å². The Kier molecular flexibility index (Phi) is 4.50. The number of nitrogens with zero attached hydrogens (tertiary/aromatic N) is 1. The third kappa shape index (κ3) is 2.86. The van der Waals surface area contributed by atoms with Crippen molar-refractivity contribution < 1.29 is 19.1 Å². The lowest BCUT2D eigenvalue weighted by Crippen LogP contribution is -2.36. The number of esters is 1. The zero-order valence-corrected chi connectivity index (χ0v) is 12.9. The molecule has 1 aliphatic rings. The van der Waals surface area contributed by atoms with Gasteiger partial charge in [0.2, 0.25) is 0 Å². The molecule has 1 amide bonds. The molecule has 0 saturated carbocycles. The van der Waals surface area contributed by atoms with Crippen molar-refractivity contribution in [2.75, 3.05) is 20.2 Å². The number of amides is 1. The summed E-state index contributed by atoms with van der Waals surface area (Å²) in [5.74, 6) is 0.260. The number of ether oxygens (including phenoxy) is 2. The number of carbonyl (C=O) groups is 2. The largest absolute Gasteiger partial charge is 0.489 e. The molecule has 5 nitrogen and oxygen atoms in total. The smallest absolute Gasteiger partial charge is 0.325 e. The summed E-state index contributed by atoms with van der Waals surface area (Å²) in [6.07, 6.45) is 0.0460. The SMILES string of the molecule is CCN(CC(=O)OC)C(=O)c1cccc2c1OC(C)C2C. The van der Waals surface area contributed by atoms with E-state index in [4.69, 9.17) is 4.74 Å². The molecule has 2 unspecified atom stereocenters. The maximum Gasteiger partial charge on any atom is 0.325 e. The number of methoxy groups -OCH3 is 1. The molecule has 0 fully saturated rings. The van der Waals surface area contributed by atoms with E-state index in [9.17, 15) is 9.59 Å². The molecule has 5 heteroatoms. The fraction of sp³-hybridized carbons (Fsp3) is 0.500. The lowest BCUT2D eigenvalue weighted by molar-refractivity contribution is -0.141. The number of likely N-dealkylation sites (N-methyl/N-ethyl adjacent to an activating group) is 1. The molecule has 0 bridgehead atoms. The van der Waals surface area contributed by atoms with Gasteiger partial charge in [0.1, 0.15) is 18.4 Å². The van der Waals surface area contributed by atoms with E-state index in [0.717, 1.165) is 5.56 Å². The van der Waals surface area contributed by atoms with Crippen molar-refractivity contribution in [1.82, 2.24) is 4.90 Å². The maximum absolute atomic E-state index is 12.6. The summed E-state index contributed by atoms with van der Waals surface area (Å²) in [6.45, 7) is 6.28. The molecule has 1 heterocycles. The third-order valence-corrected chi connectivity index (χ3v) is 3.99. The molecule has 0 saturated heterocycles. The monoisotopic (exact) mass is 291 g/mol. The lowest BCUT2D eigenvalue weighted by Gasteiger charge is -2.20. The van der Waals surface area contributed by atoms with Gasteiger partial charge in [0.15, 0.2) is 0 Å². The molecule has 114 valence electrons. The van der Waals surface area contributed by atoms with E-state index < -0.39 is 5.97 Å². The molecule has 1 aromatic rings. The standard InChI is InChI=1S/C16H21NO4/c1-5-17(9-14(18)20-4)16(19)13-8-6-7-12-10(2)11(3)21-15(12)13/h6-8,10-11H,5,9H2,1-4H3. The van der Waals surface area contributed by atoms with Crippen LogP contribution in [0.1, 0.15) is 42.6 Å². The van der Waals surface area contributed by atoms with Gasteiger partial charge in [0, 0.05) is 18.0 Å². The summed E-state index contributed by atoms with van der Waals surface area (Å²) in [5, 5.41) is 0. The maximum atomic E-state index is 12.6. The van der Waals surface area contributed by atoms with Crippen LogP contribution in [0.4, 0.5) is 0 Å². The van der Waals surface area contributed by atoms with Crippen LogP contribution in [0.25, 0.3) is 0 Å². The highest BCUT2D eigenvalue weighted by Gasteiger charge is 2.32. The van der Waals surface area contributed by atoms with Crippen LogP contribution in [0.5, 0.6) is 5.75 Å². The van der Waals surface area contributed by atoms with Crippen molar-refractivity contribution in [2.24, 2.45) is 0 Å². The van der Waals surface area contributed by atoms with Crippen LogP contribution in [-0.2, 0) is 9.53 Å². The van der Waals surface area contributed by atoms with Gasteiger partial charge in [0.05, 0.1) is 12.7 Å². The molecule has 2 atom stereocenters. The Bertz CT molecular complexity index is 555. The molecule has 2 rings (SSSR count). The van der Waals surface area contributed by atoms with Crippen molar-refractivity contribution in [3.8, 4) is 5.75 Å². The molecule has 0 aromatic heterocycles. The van der Waals surface area contributed by atoms with Gasteiger partial charge in [-0.15, -0.1) is 0 Å². The molecule has 0 aliphatic carbocycles. The average Bonchev–Trinajstić information content (AvgIpc) is 2.79. The number of para-hydroxylation sites is 1. The van der Waals surface area contributed by atoms with Crippen LogP contribution >= 0.6 is 0 Å². The second kappa shape index (κ2) is 6.16. The van der Waals surface area contributed by atoms with Crippen LogP contribution in [-0.4, -0.2) is 43.1 Å². The molecule has 1 aliphatic heterocycles. The third-order valence-electron chi connectivity index (χ3n) is 3.99. The minimum Gasteiger partial charge on any atom is -0.489 e. The predicted octanol–water partition coefficient (Wildman–Crippen LogP) is 2.21. The second-order valence-corrected chi connectivity index (χ2v) is 5.23. The second-order valence-electron chi connectivity index (χ2n) is 5.23. The summed E-state index contributed by atoms with van der Waals surface area (Å²) >= 11 is 0. The van der Waals surface area contributed by atoms with Crippen LogP contribution in [0, 0.1) is 0 Å². The number of carbonyl (C=O) groups excluding carboxylic acids is 2. The molecule has 1 aromatic carbocycles. The normalized spacial score (nSPS) is 19.6. The predicted molar refractivity (Wildman–Crippen MR) is 78.5 cm³/mol. The molecule has 0 N–H and O–H groups in total. The Morgan fingerprint density at radius 1 is 1.33 bits per heavy atom. The van der Waals surface area contributed by atoms with Crippen molar-refractivity contribution in [3.63, 3.8) is 0 Å². The minimum absolute atomic E-state index is 0.0460. The molecular weight excluding hydrogens is 270 g/mol. The van der Waals surface area contributed by atoms with E-state index in [0.29, 0.717) is 17.9 Å². The Morgan fingerprint density at radius 2 is 2.05 bits per heavy atom. The van der Waals surface area contributed by atoms with Gasteiger partial charge in [0.25, 0.3) is 5.91 Å². The fourth-order valence-corrected chi connectivity index (χ4v) is 2.47. The van der Waals surface area contributed by atoms with Crippen molar-refractivity contribution in [1.29, 1.82) is 0 Å². The van der Waals surface area contributed by atoms with Gasteiger partial charge in [-0.3, -0.25) is 9.59 Å². The highest BCUT2D eigenvalue weighted by atomic mass is 16.5. The Morgan fingerprint density at radius 3 is 2.67 bits per heavy atom. The van der Waals surface area contributed by atoms with Crippen molar-refractivity contribution in [3.05, 3.63) is 29.3 Å². The molecule has 0 radical (unpaired) electrons. The van der Waals surface area contributed by atoms with Crippen molar-refractivity contribution in [2.45, 2.75) is 32.8 Å². The first-order valence-corrected chi connectivity index (χ1v) is 7.15. The Hall–Kier alpha value is -2.04. The number of hydrogen-bond donors (Lipinski definition) is 0. The van der Waals surface area contributed by atoms with E-state index in [-0.39, 0.29) is 24.5 Å². The summed E-state index contributed by atoms with van der Waals surface area (Å²) in [5.41, 5.74) is 1.55. The van der Waals surface area contributed by atoms with Gasteiger partial charge in [-0.05, 0) is 19.9 Å². The van der Waals surface area contributed by atoms with E-state index in [1.165, 1.54) is 12.0 Å². The van der Waals surface area contributed by atoms with E-state index in [1.807, 2.05) is 26.0 Å². The van der Waals surface area contributed by atoms with Gasteiger partial charge >= 0.3 is 5.97 Å². The highest BCUT2D eigenvalue weighted by Crippen LogP contribution is 2.40. The summed E-state index contributed by atoms with van der Waals surface area (Å²) < 4.78 is 10.5. The molecule has 21 heavy (non-hydrogen) atoms. The highest BCUT2D eigenvalue weighted by molar-refractivity contribution is 5.99. The Labute approximate surface area is 124 Å². The fourth-order valence-electron chi connectivity index (χ4n) is 2.47. The summed E-state index contributed by atoms with van der Waals surface area (Å²) in [7, 11) is 1.31. The van der Waals surface area contributed by atoms with Crippen molar-refractivity contribution >= 4 is 11.9 Å². The summed E-state index contributed by atoms with van der Waals surface area (Å²) in [4.78, 5) is 25.5. The lowest BCUT2D eigenvalue weighted by atomic mass is 9.96. The molecule has 0 spiro atoms. The number of rotatable bonds is 4. The topological polar surface area (TPSA) is 55.8 Å².